The second-order valence-electron chi connectivity index (χ2n) is 6.08. The third-order valence-electron chi connectivity index (χ3n) is 4.21. The van der Waals surface area contributed by atoms with Crippen molar-refractivity contribution < 1.29 is 14.3 Å². The minimum Gasteiger partial charge on any atom is -0.478 e. The zero-order valence-electron chi connectivity index (χ0n) is 14.4. The van der Waals surface area contributed by atoms with Crippen molar-refractivity contribution in [1.82, 2.24) is 4.98 Å². The lowest BCUT2D eigenvalue weighted by Gasteiger charge is -2.03. The average molecular weight is 410 g/mol. The Morgan fingerprint density at radius 2 is 1.57 bits per heavy atom. The Balaban J connectivity index is 1.91. The van der Waals surface area contributed by atoms with Crippen LogP contribution in [0, 0.1) is 0 Å². The van der Waals surface area contributed by atoms with Crippen molar-refractivity contribution in [3.8, 4) is 34.0 Å². The number of carboxylic acid groups (broad SMARTS) is 1. The van der Waals surface area contributed by atoms with Gasteiger partial charge in [0.05, 0.1) is 15.6 Å². The number of aromatic nitrogens is 1. The van der Waals surface area contributed by atoms with E-state index in [1.54, 1.807) is 24.3 Å². The largest absolute Gasteiger partial charge is 0.478 e. The van der Waals surface area contributed by atoms with Gasteiger partial charge < -0.3 is 9.52 Å². The third kappa shape index (κ3) is 3.52. The summed E-state index contributed by atoms with van der Waals surface area (Å²) in [5.74, 6) is -0.126. The number of aromatic carboxylic acids is 1. The highest BCUT2D eigenvalue weighted by molar-refractivity contribution is 6.42. The van der Waals surface area contributed by atoms with Gasteiger partial charge in [-0.1, -0.05) is 65.7 Å². The minimum atomic E-state index is -1.01. The highest BCUT2D eigenvalue weighted by Gasteiger charge is 2.19. The molecule has 6 heteroatoms. The first kappa shape index (κ1) is 18.3. The van der Waals surface area contributed by atoms with Crippen LogP contribution in [0.4, 0.5) is 0 Å². The first-order valence-corrected chi connectivity index (χ1v) is 9.14. The molecule has 1 aromatic heterocycles. The van der Waals surface area contributed by atoms with Crippen molar-refractivity contribution in [3.63, 3.8) is 0 Å². The van der Waals surface area contributed by atoms with Crippen LogP contribution < -0.4 is 0 Å². The molecule has 0 radical (unpaired) electrons. The van der Waals surface area contributed by atoms with Gasteiger partial charge in [0.25, 0.3) is 0 Å². The fourth-order valence-corrected chi connectivity index (χ4v) is 3.15. The van der Waals surface area contributed by atoms with Gasteiger partial charge in [0.2, 0.25) is 5.89 Å². The smallest absolute Gasteiger partial charge is 0.335 e. The van der Waals surface area contributed by atoms with Crippen molar-refractivity contribution in [1.29, 1.82) is 0 Å². The highest BCUT2D eigenvalue weighted by Crippen LogP contribution is 2.37. The van der Waals surface area contributed by atoms with Gasteiger partial charge in [-0.05, 0) is 30.3 Å². The Morgan fingerprint density at radius 1 is 0.821 bits per heavy atom. The summed E-state index contributed by atoms with van der Waals surface area (Å²) in [6, 6.07) is 21.3. The number of benzene rings is 3. The van der Waals surface area contributed by atoms with E-state index in [0.29, 0.717) is 33.0 Å². The summed E-state index contributed by atoms with van der Waals surface area (Å²) in [5.41, 5.74) is 2.92. The second-order valence-corrected chi connectivity index (χ2v) is 6.89. The molecule has 0 amide bonds. The van der Waals surface area contributed by atoms with Crippen LogP contribution in [0.1, 0.15) is 10.4 Å². The molecule has 4 nitrogen and oxygen atoms in total. The normalized spacial score (nSPS) is 10.8. The standard InChI is InChI=1S/C22H13Cl2NO3/c23-17-10-9-14(12-18(17)24)19-20(13-5-2-1-3-6-13)28-21(25-19)15-7-4-8-16(11-15)22(26)27/h1-12H,(H,26,27). The Hall–Kier alpha value is -3.08. The van der Waals surface area contributed by atoms with Crippen molar-refractivity contribution in [2.24, 2.45) is 0 Å². The van der Waals surface area contributed by atoms with Crippen LogP contribution in [0.2, 0.25) is 10.0 Å². The van der Waals surface area contributed by atoms with E-state index >= 15 is 0 Å². The molecule has 4 rings (SSSR count). The maximum absolute atomic E-state index is 11.3. The first-order chi connectivity index (χ1) is 13.5. The number of carbonyl (C=O) groups is 1. The van der Waals surface area contributed by atoms with Gasteiger partial charge in [-0.25, -0.2) is 9.78 Å². The molecule has 0 fully saturated rings. The molecule has 1 heterocycles. The van der Waals surface area contributed by atoms with Gasteiger partial charge >= 0.3 is 5.97 Å². The highest BCUT2D eigenvalue weighted by atomic mass is 35.5. The lowest BCUT2D eigenvalue weighted by Crippen LogP contribution is -1.95. The zero-order valence-corrected chi connectivity index (χ0v) is 15.9. The molecular weight excluding hydrogens is 397 g/mol. The van der Waals surface area contributed by atoms with E-state index in [-0.39, 0.29) is 5.56 Å². The molecule has 0 spiro atoms. The zero-order chi connectivity index (χ0) is 19.7. The fourth-order valence-electron chi connectivity index (χ4n) is 2.85. The molecule has 0 saturated carbocycles. The molecule has 0 bridgehead atoms. The fraction of sp³-hybridized carbons (Fsp3) is 0. The van der Waals surface area contributed by atoms with E-state index in [9.17, 15) is 9.90 Å². The van der Waals surface area contributed by atoms with Crippen molar-refractivity contribution in [2.45, 2.75) is 0 Å². The lowest BCUT2D eigenvalue weighted by atomic mass is 10.1. The summed E-state index contributed by atoms with van der Waals surface area (Å²) in [7, 11) is 0. The molecule has 0 atom stereocenters. The van der Waals surface area contributed by atoms with E-state index in [4.69, 9.17) is 27.6 Å². The van der Waals surface area contributed by atoms with Crippen LogP contribution in [-0.2, 0) is 0 Å². The van der Waals surface area contributed by atoms with Gasteiger partial charge in [-0.3, -0.25) is 0 Å². The van der Waals surface area contributed by atoms with E-state index in [0.717, 1.165) is 11.1 Å². The number of carboxylic acids is 1. The lowest BCUT2D eigenvalue weighted by molar-refractivity contribution is 0.0697. The SMILES string of the molecule is O=C(O)c1cccc(-c2nc(-c3ccc(Cl)c(Cl)c3)c(-c3ccccc3)o2)c1. The maximum atomic E-state index is 11.3. The molecule has 0 aliphatic rings. The Bertz CT molecular complexity index is 1170. The second kappa shape index (κ2) is 7.50. The van der Waals surface area contributed by atoms with Gasteiger partial charge in [0, 0.05) is 16.7 Å². The van der Waals surface area contributed by atoms with Crippen LogP contribution in [0.5, 0.6) is 0 Å². The quantitative estimate of drug-likeness (QED) is 0.408. The Kier molecular flexibility index (Phi) is 4.90. The average Bonchev–Trinajstić information content (AvgIpc) is 3.16. The molecule has 0 unspecified atom stereocenters. The van der Waals surface area contributed by atoms with Gasteiger partial charge in [-0.15, -0.1) is 0 Å². The number of rotatable bonds is 4. The summed E-state index contributed by atoms with van der Waals surface area (Å²) in [6.07, 6.45) is 0. The molecular formula is C22H13Cl2NO3. The third-order valence-corrected chi connectivity index (χ3v) is 4.95. The molecule has 0 aliphatic heterocycles. The molecule has 28 heavy (non-hydrogen) atoms. The Labute approximate surface area is 171 Å². The monoisotopic (exact) mass is 409 g/mol. The van der Waals surface area contributed by atoms with E-state index in [2.05, 4.69) is 4.98 Å². The topological polar surface area (TPSA) is 63.3 Å². The molecule has 138 valence electrons. The number of halogens is 2. The molecule has 3 aromatic carbocycles. The molecule has 1 N–H and O–H groups in total. The molecule has 4 aromatic rings. The van der Waals surface area contributed by atoms with Crippen molar-refractivity contribution in [3.05, 3.63) is 88.4 Å². The van der Waals surface area contributed by atoms with Crippen molar-refractivity contribution >= 4 is 29.2 Å². The number of hydrogen-bond donors (Lipinski definition) is 1. The summed E-state index contributed by atoms with van der Waals surface area (Å²) in [6.45, 7) is 0. The van der Waals surface area contributed by atoms with Crippen LogP contribution in [0.25, 0.3) is 34.0 Å². The van der Waals surface area contributed by atoms with Crippen LogP contribution in [0.15, 0.2) is 77.2 Å². The first-order valence-electron chi connectivity index (χ1n) is 8.38. The van der Waals surface area contributed by atoms with Gasteiger partial charge in [0.15, 0.2) is 5.76 Å². The van der Waals surface area contributed by atoms with Crippen molar-refractivity contribution in [2.75, 3.05) is 0 Å². The molecule has 0 saturated heterocycles. The van der Waals surface area contributed by atoms with Gasteiger partial charge in [0.1, 0.15) is 5.69 Å². The predicted molar refractivity (Wildman–Crippen MR) is 110 cm³/mol. The number of oxazole rings is 1. The van der Waals surface area contributed by atoms with Crippen LogP contribution in [-0.4, -0.2) is 16.1 Å². The predicted octanol–water partition coefficient (Wildman–Crippen LogP) is 6.68. The van der Waals surface area contributed by atoms with E-state index in [1.807, 2.05) is 36.4 Å². The van der Waals surface area contributed by atoms with Crippen LogP contribution in [0.3, 0.4) is 0 Å². The molecule has 0 aliphatic carbocycles. The van der Waals surface area contributed by atoms with E-state index in [1.165, 1.54) is 12.1 Å². The maximum Gasteiger partial charge on any atom is 0.335 e. The van der Waals surface area contributed by atoms with Crippen LogP contribution >= 0.6 is 23.2 Å². The Morgan fingerprint density at radius 3 is 2.29 bits per heavy atom. The number of nitrogens with zero attached hydrogens (tertiary/aromatic N) is 1. The summed E-state index contributed by atoms with van der Waals surface area (Å²) in [4.78, 5) is 15.9. The van der Waals surface area contributed by atoms with E-state index < -0.39 is 5.97 Å². The van der Waals surface area contributed by atoms with Gasteiger partial charge in [-0.2, -0.15) is 0 Å². The summed E-state index contributed by atoms with van der Waals surface area (Å²) >= 11 is 12.2. The summed E-state index contributed by atoms with van der Waals surface area (Å²) in [5, 5.41) is 10.1. The number of hydrogen-bond acceptors (Lipinski definition) is 3. The minimum absolute atomic E-state index is 0.160. The summed E-state index contributed by atoms with van der Waals surface area (Å²) < 4.78 is 6.07.